The molecule has 200 valence electrons. The fourth-order valence-electron chi connectivity index (χ4n) is 3.77. The third kappa shape index (κ3) is 7.07. The number of carbonyl (C=O) groups excluding carboxylic acids is 2. The van der Waals surface area contributed by atoms with E-state index in [-0.39, 0.29) is 31.0 Å². The van der Waals surface area contributed by atoms with E-state index in [1.165, 1.54) is 4.90 Å². The summed E-state index contributed by atoms with van der Waals surface area (Å²) in [7, 11) is 1.75. The topological polar surface area (TPSA) is 77.2 Å². The summed E-state index contributed by atoms with van der Waals surface area (Å²) >= 11 is 5.44. The number of cyclic esters (lactones) is 1. The Hall–Kier alpha value is -3.45. The van der Waals surface area contributed by atoms with Gasteiger partial charge in [-0.05, 0) is 6.92 Å². The lowest BCUT2D eigenvalue weighted by Crippen LogP contribution is -2.43. The molecule has 2 aromatic rings. The molecule has 2 amide bonds. The van der Waals surface area contributed by atoms with Crippen LogP contribution in [0.2, 0.25) is 0 Å². The number of benzene rings is 2. The zero-order valence-electron chi connectivity index (χ0n) is 20.2. The number of carbonyl (C=O) groups is 2. The molecule has 0 aromatic heterocycles. The molecular weight excluding hydrogens is 514 g/mol. The van der Waals surface area contributed by atoms with Crippen molar-refractivity contribution < 1.29 is 31.9 Å². The number of amides is 2. The first-order valence-electron chi connectivity index (χ1n) is 11.5. The third-order valence-electron chi connectivity index (χ3n) is 5.64. The summed E-state index contributed by atoms with van der Waals surface area (Å²) in [5.41, 5.74) is 3.62. The molecule has 1 heterocycles. The summed E-state index contributed by atoms with van der Waals surface area (Å²) in [6, 6.07) is 11.4. The molecule has 2 N–H and O–H groups in total. The second-order valence-electron chi connectivity index (χ2n) is 8.14. The predicted octanol–water partition coefficient (Wildman–Crippen LogP) is 3.31. The zero-order valence-corrected chi connectivity index (χ0v) is 21.0. The molecule has 0 spiro atoms. The van der Waals surface area contributed by atoms with Crippen LogP contribution >= 0.6 is 12.2 Å². The molecule has 8 nitrogen and oxygen atoms in total. The fraction of sp³-hybridized carbons (Fsp3) is 0.375. The number of likely N-dealkylation sites (N-methyl/N-ethyl adjacent to an activating group) is 1. The molecule has 0 unspecified atom stereocenters. The van der Waals surface area contributed by atoms with Crippen LogP contribution in [0.15, 0.2) is 42.5 Å². The lowest BCUT2D eigenvalue weighted by molar-refractivity contribution is -0.132. The quantitative estimate of drug-likeness (QED) is 0.257. The van der Waals surface area contributed by atoms with Gasteiger partial charge in [0.1, 0.15) is 16.8 Å². The van der Waals surface area contributed by atoms with Gasteiger partial charge in [0, 0.05) is 44.4 Å². The van der Waals surface area contributed by atoms with E-state index >= 15 is 8.78 Å². The van der Waals surface area contributed by atoms with Crippen molar-refractivity contribution in [3.8, 4) is 0 Å². The molecule has 0 bridgehead atoms. The SMILES string of the molecule is CCN(CCNN(C)C(=S)c1ccccc1)c1c(F)cc(N2C[C@H](CNC(=O)C(F)F)OC2=O)cc1F. The first-order valence-corrected chi connectivity index (χ1v) is 11.9. The number of hydrazine groups is 1. The van der Waals surface area contributed by atoms with Crippen LogP contribution < -0.4 is 20.5 Å². The van der Waals surface area contributed by atoms with Crippen LogP contribution in [-0.4, -0.2) is 74.3 Å². The number of alkyl halides is 2. The lowest BCUT2D eigenvalue weighted by Gasteiger charge is -2.27. The van der Waals surface area contributed by atoms with E-state index in [1.54, 1.807) is 19.0 Å². The lowest BCUT2D eigenvalue weighted by atomic mass is 10.2. The number of rotatable bonds is 11. The molecule has 3 rings (SSSR count). The monoisotopic (exact) mass is 541 g/mol. The minimum Gasteiger partial charge on any atom is -0.442 e. The van der Waals surface area contributed by atoms with Gasteiger partial charge in [-0.25, -0.2) is 19.0 Å². The largest absolute Gasteiger partial charge is 0.442 e. The van der Waals surface area contributed by atoms with Crippen LogP contribution in [0.4, 0.5) is 33.7 Å². The summed E-state index contributed by atoms with van der Waals surface area (Å²) in [4.78, 5) is 26.3. The first kappa shape index (κ1) is 28.1. The van der Waals surface area contributed by atoms with Gasteiger partial charge in [-0.2, -0.15) is 8.78 Å². The maximum atomic E-state index is 15.1. The molecule has 13 heteroatoms. The molecule has 1 saturated heterocycles. The molecule has 1 atom stereocenters. The molecule has 0 radical (unpaired) electrons. The molecule has 2 aromatic carbocycles. The van der Waals surface area contributed by atoms with E-state index in [1.807, 2.05) is 35.6 Å². The Kier molecular flexibility index (Phi) is 9.64. The van der Waals surface area contributed by atoms with E-state index < -0.39 is 36.2 Å². The highest BCUT2D eigenvalue weighted by Gasteiger charge is 2.34. The Morgan fingerprint density at radius 3 is 2.46 bits per heavy atom. The first-order chi connectivity index (χ1) is 17.6. The van der Waals surface area contributed by atoms with E-state index in [9.17, 15) is 18.4 Å². The van der Waals surface area contributed by atoms with Crippen molar-refractivity contribution in [2.24, 2.45) is 0 Å². The minimum absolute atomic E-state index is 0.0893. The van der Waals surface area contributed by atoms with Crippen LogP contribution in [0, 0.1) is 11.6 Å². The second-order valence-corrected chi connectivity index (χ2v) is 8.52. The molecule has 0 aliphatic carbocycles. The Morgan fingerprint density at radius 1 is 1.22 bits per heavy atom. The number of nitrogens with zero attached hydrogens (tertiary/aromatic N) is 3. The highest BCUT2D eigenvalue weighted by Crippen LogP contribution is 2.31. The van der Waals surface area contributed by atoms with Gasteiger partial charge in [-0.1, -0.05) is 42.5 Å². The van der Waals surface area contributed by atoms with Crippen molar-refractivity contribution >= 4 is 40.6 Å². The van der Waals surface area contributed by atoms with Crippen molar-refractivity contribution in [2.45, 2.75) is 19.5 Å². The summed E-state index contributed by atoms with van der Waals surface area (Å²) in [5, 5.41) is 3.61. The van der Waals surface area contributed by atoms with Crippen LogP contribution in [0.1, 0.15) is 12.5 Å². The van der Waals surface area contributed by atoms with Crippen LogP contribution in [0.25, 0.3) is 0 Å². The van der Waals surface area contributed by atoms with Crippen LogP contribution in [0.3, 0.4) is 0 Å². The van der Waals surface area contributed by atoms with Crippen molar-refractivity contribution in [1.82, 2.24) is 15.8 Å². The molecule has 37 heavy (non-hydrogen) atoms. The number of thiocarbonyl (C=S) groups is 1. The average Bonchev–Trinajstić information content (AvgIpc) is 3.25. The smallest absolute Gasteiger partial charge is 0.414 e. The molecular formula is C24H27F4N5O3S. The number of nitrogens with one attached hydrogen (secondary N) is 2. The summed E-state index contributed by atoms with van der Waals surface area (Å²) in [6.45, 7) is 2.12. The summed E-state index contributed by atoms with van der Waals surface area (Å²) in [6.07, 6.45) is -5.06. The van der Waals surface area contributed by atoms with E-state index in [4.69, 9.17) is 17.0 Å². The molecule has 1 aliphatic rings. The van der Waals surface area contributed by atoms with E-state index in [2.05, 4.69) is 5.43 Å². The maximum Gasteiger partial charge on any atom is 0.414 e. The van der Waals surface area contributed by atoms with Gasteiger partial charge in [0.2, 0.25) is 0 Å². The highest BCUT2D eigenvalue weighted by atomic mass is 32.1. The fourth-order valence-corrected chi connectivity index (χ4v) is 3.97. The Morgan fingerprint density at radius 2 is 1.86 bits per heavy atom. The summed E-state index contributed by atoms with van der Waals surface area (Å²) in [5.74, 6) is -3.27. The number of hydrogen-bond acceptors (Lipinski definition) is 6. The molecule has 1 aliphatic heterocycles. The van der Waals surface area contributed by atoms with Crippen molar-refractivity contribution in [3.05, 3.63) is 59.7 Å². The van der Waals surface area contributed by atoms with Crippen LogP contribution in [0.5, 0.6) is 0 Å². The van der Waals surface area contributed by atoms with Gasteiger partial charge in [-0.15, -0.1) is 0 Å². The van der Waals surface area contributed by atoms with Gasteiger partial charge < -0.3 is 20.0 Å². The Labute approximate surface area is 217 Å². The van der Waals surface area contributed by atoms with Crippen molar-refractivity contribution in [1.29, 1.82) is 0 Å². The van der Waals surface area contributed by atoms with E-state index in [0.717, 1.165) is 22.6 Å². The van der Waals surface area contributed by atoms with Crippen molar-refractivity contribution in [3.63, 3.8) is 0 Å². The Bertz CT molecular complexity index is 1100. The third-order valence-corrected chi connectivity index (χ3v) is 6.15. The van der Waals surface area contributed by atoms with Gasteiger partial charge in [-0.3, -0.25) is 9.69 Å². The normalized spacial score (nSPS) is 15.1. The predicted molar refractivity (Wildman–Crippen MR) is 135 cm³/mol. The van der Waals surface area contributed by atoms with E-state index in [0.29, 0.717) is 18.1 Å². The van der Waals surface area contributed by atoms with Crippen LogP contribution in [-0.2, 0) is 9.53 Å². The van der Waals surface area contributed by atoms with Crippen molar-refractivity contribution in [2.75, 3.05) is 49.6 Å². The maximum absolute atomic E-state index is 15.1. The van der Waals surface area contributed by atoms with Gasteiger partial charge >= 0.3 is 12.5 Å². The number of ether oxygens (including phenoxy) is 1. The van der Waals surface area contributed by atoms with Gasteiger partial charge in [0.15, 0.2) is 11.6 Å². The summed E-state index contributed by atoms with van der Waals surface area (Å²) < 4.78 is 59.8. The second kappa shape index (κ2) is 12.7. The number of anilines is 2. The molecule has 1 fully saturated rings. The number of hydrogen-bond donors (Lipinski definition) is 2. The number of halogens is 4. The Balaban J connectivity index is 1.62. The minimum atomic E-state index is -3.21. The zero-order chi connectivity index (χ0) is 27.1. The highest BCUT2D eigenvalue weighted by molar-refractivity contribution is 7.80. The standard InChI is InChI=1S/C24H27F4N5O3S/c1-3-32(10-9-30-31(2)23(37)15-7-5-4-6-8-15)20-18(25)11-16(12-19(20)26)33-14-17(36-24(33)35)13-29-22(34)21(27)28/h4-8,11-12,17,21,30H,3,9-10,13-14H2,1-2H3,(H,29,34)/t17-/m0/s1. The molecule has 0 saturated carbocycles. The average molecular weight is 542 g/mol. The van der Waals surface area contributed by atoms with Gasteiger partial charge in [0.25, 0.3) is 5.91 Å². The van der Waals surface area contributed by atoms with Gasteiger partial charge in [0.05, 0.1) is 18.8 Å².